The van der Waals surface area contributed by atoms with Gasteiger partial charge in [-0.1, -0.05) is 18.6 Å². The molecule has 0 spiro atoms. The molecule has 0 bridgehead atoms. The second-order valence-corrected chi connectivity index (χ2v) is 7.81. The van der Waals surface area contributed by atoms with Gasteiger partial charge in [0.25, 0.3) is 0 Å². The van der Waals surface area contributed by atoms with Crippen molar-refractivity contribution in [3.8, 4) is 0 Å². The van der Waals surface area contributed by atoms with Gasteiger partial charge >= 0.3 is 0 Å². The predicted molar refractivity (Wildman–Crippen MR) is 86.6 cm³/mol. The number of sulfonamides is 1. The molecule has 0 aromatic heterocycles. The van der Waals surface area contributed by atoms with E-state index in [2.05, 4.69) is 5.32 Å². The van der Waals surface area contributed by atoms with Gasteiger partial charge in [-0.2, -0.15) is 4.31 Å². The number of hydrogen-bond donors (Lipinski definition) is 1. The maximum absolute atomic E-state index is 13.0. The highest BCUT2D eigenvalue weighted by Gasteiger charge is 2.39. The fourth-order valence-corrected chi connectivity index (χ4v) is 4.28. The molecule has 1 fully saturated rings. The molecule has 124 valence electrons. The zero-order chi connectivity index (χ0) is 16.6. The molecule has 23 heavy (non-hydrogen) atoms. The number of benzene rings is 1. The molecular formula is C15H19N3O4S. The Balaban J connectivity index is 1.95. The summed E-state index contributed by atoms with van der Waals surface area (Å²) < 4.78 is 25.2. The van der Waals surface area contributed by atoms with Crippen molar-refractivity contribution in [3.05, 3.63) is 24.3 Å². The lowest BCUT2D eigenvalue weighted by atomic mass is 10.0. The van der Waals surface area contributed by atoms with E-state index in [4.69, 9.17) is 0 Å². The number of amides is 2. The molecular weight excluding hydrogens is 318 g/mol. The van der Waals surface area contributed by atoms with Crippen LogP contribution in [0.15, 0.2) is 24.3 Å². The summed E-state index contributed by atoms with van der Waals surface area (Å²) >= 11 is 0. The van der Waals surface area contributed by atoms with Crippen molar-refractivity contribution in [2.24, 2.45) is 0 Å². The van der Waals surface area contributed by atoms with E-state index < -0.39 is 16.1 Å². The van der Waals surface area contributed by atoms with Gasteiger partial charge < -0.3 is 5.32 Å². The molecule has 2 aliphatic heterocycles. The Morgan fingerprint density at radius 3 is 2.74 bits per heavy atom. The summed E-state index contributed by atoms with van der Waals surface area (Å²) in [5, 5.41) is 2.72. The van der Waals surface area contributed by atoms with Crippen LogP contribution in [-0.2, 0) is 19.6 Å². The van der Waals surface area contributed by atoms with E-state index in [-0.39, 0.29) is 18.4 Å². The van der Waals surface area contributed by atoms with E-state index in [0.29, 0.717) is 24.3 Å². The molecule has 0 saturated carbocycles. The number of piperidine rings is 1. The number of fused-ring (bicyclic) bond motifs is 1. The van der Waals surface area contributed by atoms with Crippen LogP contribution in [0.4, 0.5) is 11.4 Å². The fraction of sp³-hybridized carbons (Fsp3) is 0.467. The Hall–Kier alpha value is -1.93. The van der Waals surface area contributed by atoms with Crippen LogP contribution in [0.3, 0.4) is 0 Å². The maximum Gasteiger partial charge on any atom is 0.245 e. The maximum atomic E-state index is 13.0. The van der Waals surface area contributed by atoms with Gasteiger partial charge in [0.1, 0.15) is 12.6 Å². The zero-order valence-corrected chi connectivity index (χ0v) is 13.7. The largest absolute Gasteiger partial charge is 0.323 e. The molecule has 0 aliphatic carbocycles. The molecule has 1 saturated heterocycles. The Kier molecular flexibility index (Phi) is 4.11. The summed E-state index contributed by atoms with van der Waals surface area (Å²) in [7, 11) is -3.46. The quantitative estimate of drug-likeness (QED) is 0.864. The van der Waals surface area contributed by atoms with Crippen molar-refractivity contribution >= 4 is 33.2 Å². The van der Waals surface area contributed by atoms with Crippen LogP contribution in [0.5, 0.6) is 0 Å². The minimum Gasteiger partial charge on any atom is -0.323 e. The van der Waals surface area contributed by atoms with Crippen LogP contribution in [0.25, 0.3) is 0 Å². The molecule has 1 aromatic rings. The van der Waals surface area contributed by atoms with E-state index in [0.717, 1.165) is 19.1 Å². The number of para-hydroxylation sites is 2. The third-order valence-corrected chi connectivity index (χ3v) is 5.49. The second kappa shape index (κ2) is 5.93. The first-order chi connectivity index (χ1) is 10.9. The molecule has 1 aromatic carbocycles. The van der Waals surface area contributed by atoms with Crippen LogP contribution in [0.1, 0.15) is 19.3 Å². The van der Waals surface area contributed by atoms with Gasteiger partial charge in [0.2, 0.25) is 21.8 Å². The average molecular weight is 337 g/mol. The minimum absolute atomic E-state index is 0.0933. The van der Waals surface area contributed by atoms with Crippen molar-refractivity contribution in [2.75, 3.05) is 29.6 Å². The molecule has 3 rings (SSSR count). The van der Waals surface area contributed by atoms with Crippen molar-refractivity contribution in [3.63, 3.8) is 0 Å². The molecule has 8 heteroatoms. The van der Waals surface area contributed by atoms with Gasteiger partial charge in [-0.05, 0) is 25.0 Å². The average Bonchev–Trinajstić information content (AvgIpc) is 2.52. The number of nitrogens with zero attached hydrogens (tertiary/aromatic N) is 2. The third kappa shape index (κ3) is 3.09. The standard InChI is InChI=1S/C15H19N3O4S/c1-23(21,22)18-9-5-4-8-13(18)15(20)17-10-14(19)16-11-6-2-3-7-12(11)17/h2-3,6-7,13H,4-5,8-10H2,1H3,(H,16,19)/t13-/m0/s1. The monoisotopic (exact) mass is 337 g/mol. The first-order valence-electron chi connectivity index (χ1n) is 7.55. The number of rotatable bonds is 2. The van der Waals surface area contributed by atoms with E-state index in [1.165, 1.54) is 9.21 Å². The van der Waals surface area contributed by atoms with Crippen LogP contribution < -0.4 is 10.2 Å². The molecule has 0 unspecified atom stereocenters. The Labute approximate surface area is 135 Å². The summed E-state index contributed by atoms with van der Waals surface area (Å²) in [6, 6.07) is 6.29. The van der Waals surface area contributed by atoms with Crippen LogP contribution in [0, 0.1) is 0 Å². The number of anilines is 2. The Morgan fingerprint density at radius 1 is 1.26 bits per heavy atom. The number of hydrogen-bond acceptors (Lipinski definition) is 4. The Morgan fingerprint density at radius 2 is 2.00 bits per heavy atom. The summed E-state index contributed by atoms with van der Waals surface area (Å²) in [6.45, 7) is 0.251. The molecule has 2 aliphatic rings. The van der Waals surface area contributed by atoms with E-state index >= 15 is 0 Å². The van der Waals surface area contributed by atoms with Crippen LogP contribution in [-0.4, -0.2) is 49.9 Å². The second-order valence-electron chi connectivity index (χ2n) is 5.87. The predicted octanol–water partition coefficient (Wildman–Crippen LogP) is 0.786. The van der Waals surface area contributed by atoms with Crippen molar-refractivity contribution in [2.45, 2.75) is 25.3 Å². The Bertz CT molecular complexity index is 747. The third-order valence-electron chi connectivity index (χ3n) is 4.20. The van der Waals surface area contributed by atoms with Crippen LogP contribution >= 0.6 is 0 Å². The normalized spacial score (nSPS) is 22.4. The lowest BCUT2D eigenvalue weighted by Crippen LogP contribution is -2.55. The van der Waals surface area contributed by atoms with Crippen LogP contribution in [0.2, 0.25) is 0 Å². The lowest BCUT2D eigenvalue weighted by molar-refractivity contribution is -0.125. The highest BCUT2D eigenvalue weighted by molar-refractivity contribution is 7.88. The molecule has 0 radical (unpaired) electrons. The fourth-order valence-electron chi connectivity index (χ4n) is 3.16. The van der Waals surface area contributed by atoms with Crippen molar-refractivity contribution < 1.29 is 18.0 Å². The topological polar surface area (TPSA) is 86.8 Å². The highest BCUT2D eigenvalue weighted by atomic mass is 32.2. The van der Waals surface area contributed by atoms with Gasteiger partial charge in [-0.25, -0.2) is 8.42 Å². The van der Waals surface area contributed by atoms with Gasteiger partial charge in [0.05, 0.1) is 17.6 Å². The van der Waals surface area contributed by atoms with E-state index in [1.807, 2.05) is 0 Å². The highest BCUT2D eigenvalue weighted by Crippen LogP contribution is 2.31. The summed E-state index contributed by atoms with van der Waals surface area (Å²) in [5.41, 5.74) is 1.18. The van der Waals surface area contributed by atoms with Gasteiger partial charge in [0, 0.05) is 6.54 Å². The van der Waals surface area contributed by atoms with Gasteiger partial charge in [-0.3, -0.25) is 14.5 Å². The number of carbonyl (C=O) groups is 2. The first kappa shape index (κ1) is 15.9. The smallest absolute Gasteiger partial charge is 0.245 e. The van der Waals surface area contributed by atoms with Crippen molar-refractivity contribution in [1.29, 1.82) is 0 Å². The minimum atomic E-state index is -3.46. The SMILES string of the molecule is CS(=O)(=O)N1CCCC[C@H]1C(=O)N1CC(=O)Nc2ccccc21. The lowest BCUT2D eigenvalue weighted by Gasteiger charge is -2.37. The molecule has 2 heterocycles. The molecule has 7 nitrogen and oxygen atoms in total. The summed E-state index contributed by atoms with van der Waals surface area (Å²) in [5.74, 6) is -0.615. The zero-order valence-electron chi connectivity index (χ0n) is 12.9. The number of carbonyl (C=O) groups excluding carboxylic acids is 2. The molecule has 2 amide bonds. The molecule has 1 atom stereocenters. The summed E-state index contributed by atoms with van der Waals surface area (Å²) in [6.07, 6.45) is 3.14. The van der Waals surface area contributed by atoms with E-state index in [9.17, 15) is 18.0 Å². The van der Waals surface area contributed by atoms with Gasteiger partial charge in [0.15, 0.2) is 0 Å². The molecule has 1 N–H and O–H groups in total. The van der Waals surface area contributed by atoms with Crippen molar-refractivity contribution in [1.82, 2.24) is 4.31 Å². The first-order valence-corrected chi connectivity index (χ1v) is 9.40. The number of nitrogens with one attached hydrogen (secondary N) is 1. The van der Waals surface area contributed by atoms with E-state index in [1.54, 1.807) is 24.3 Å². The summed E-state index contributed by atoms with van der Waals surface area (Å²) in [4.78, 5) is 26.2. The van der Waals surface area contributed by atoms with Gasteiger partial charge in [-0.15, -0.1) is 0 Å².